The molecule has 27 heavy (non-hydrogen) atoms. The van der Waals surface area contributed by atoms with Crippen LogP contribution in [0.5, 0.6) is 11.5 Å². The Balaban J connectivity index is 0.00000364. The zero-order valence-electron chi connectivity index (χ0n) is 15.1. The van der Waals surface area contributed by atoms with Crippen LogP contribution in [0.1, 0.15) is 11.3 Å². The summed E-state index contributed by atoms with van der Waals surface area (Å²) in [7, 11) is 3.15. The van der Waals surface area contributed by atoms with Gasteiger partial charge in [0.1, 0.15) is 11.5 Å². The average Bonchev–Trinajstić information content (AvgIpc) is 2.65. The Morgan fingerprint density at radius 3 is 2.67 bits per heavy atom. The standard InChI is InChI=1S/C18H22F2N4O2.HI/c1-21-18(23-10-8-14-5-3-4-9-22-14)24-12-13-11-15(25-2)6-7-16(13)26-17(19)20;/h3-7,9,11,17H,8,10,12H2,1-2H3,(H2,21,23,24);1H. The number of guanidine groups is 1. The number of hydrogen-bond acceptors (Lipinski definition) is 4. The van der Waals surface area contributed by atoms with Crippen LogP contribution in [-0.2, 0) is 13.0 Å². The van der Waals surface area contributed by atoms with Gasteiger partial charge in [0.2, 0.25) is 0 Å². The molecule has 1 aromatic heterocycles. The Bertz CT molecular complexity index is 718. The lowest BCUT2D eigenvalue weighted by molar-refractivity contribution is -0.0504. The largest absolute Gasteiger partial charge is 0.497 e. The molecule has 6 nitrogen and oxygen atoms in total. The van der Waals surface area contributed by atoms with E-state index in [0.717, 1.165) is 12.1 Å². The van der Waals surface area contributed by atoms with Crippen LogP contribution >= 0.6 is 24.0 Å². The molecule has 1 heterocycles. The van der Waals surface area contributed by atoms with E-state index in [4.69, 9.17) is 4.74 Å². The molecule has 2 N–H and O–H groups in total. The molecule has 0 aliphatic rings. The molecule has 2 aromatic rings. The summed E-state index contributed by atoms with van der Waals surface area (Å²) in [5.74, 6) is 1.20. The highest BCUT2D eigenvalue weighted by Crippen LogP contribution is 2.25. The highest BCUT2D eigenvalue weighted by molar-refractivity contribution is 14.0. The Kier molecular flexibility index (Phi) is 10.4. The van der Waals surface area contributed by atoms with E-state index in [-0.39, 0.29) is 36.3 Å². The number of pyridine rings is 1. The predicted octanol–water partition coefficient (Wildman–Crippen LogP) is 3.22. The van der Waals surface area contributed by atoms with E-state index in [2.05, 4.69) is 25.3 Å². The molecule has 0 unspecified atom stereocenters. The van der Waals surface area contributed by atoms with Crippen LogP contribution in [0.2, 0.25) is 0 Å². The molecule has 0 aliphatic heterocycles. The minimum absolute atomic E-state index is 0. The number of ether oxygens (including phenoxy) is 2. The van der Waals surface area contributed by atoms with Gasteiger partial charge in [0.15, 0.2) is 5.96 Å². The number of rotatable bonds is 8. The molecule has 0 amide bonds. The molecule has 148 valence electrons. The number of aliphatic imine (C=N–C) groups is 1. The number of alkyl halides is 2. The second kappa shape index (κ2) is 12.3. The first kappa shape index (κ1) is 22.9. The zero-order valence-corrected chi connectivity index (χ0v) is 17.4. The lowest BCUT2D eigenvalue weighted by Gasteiger charge is -2.15. The van der Waals surface area contributed by atoms with E-state index in [1.165, 1.54) is 13.2 Å². The van der Waals surface area contributed by atoms with Crippen molar-refractivity contribution in [1.29, 1.82) is 0 Å². The van der Waals surface area contributed by atoms with Crippen LogP contribution in [0, 0.1) is 0 Å². The van der Waals surface area contributed by atoms with Crippen LogP contribution in [0.15, 0.2) is 47.6 Å². The van der Waals surface area contributed by atoms with Crippen LogP contribution in [0.4, 0.5) is 8.78 Å². The van der Waals surface area contributed by atoms with E-state index in [9.17, 15) is 8.78 Å². The van der Waals surface area contributed by atoms with E-state index in [1.807, 2.05) is 18.2 Å². The van der Waals surface area contributed by atoms with Crippen molar-refractivity contribution in [2.75, 3.05) is 20.7 Å². The molecule has 0 spiro atoms. The molecule has 0 fully saturated rings. The van der Waals surface area contributed by atoms with Crippen molar-refractivity contribution >= 4 is 29.9 Å². The highest BCUT2D eigenvalue weighted by Gasteiger charge is 2.11. The SMILES string of the molecule is CN=C(NCCc1ccccn1)NCc1cc(OC)ccc1OC(F)F.I. The van der Waals surface area contributed by atoms with Crippen molar-refractivity contribution in [3.05, 3.63) is 53.9 Å². The number of aromatic nitrogens is 1. The van der Waals surface area contributed by atoms with Gasteiger partial charge in [0.25, 0.3) is 0 Å². The third-order valence-corrected chi connectivity index (χ3v) is 3.55. The second-order valence-electron chi connectivity index (χ2n) is 5.28. The van der Waals surface area contributed by atoms with Crippen molar-refractivity contribution in [2.45, 2.75) is 19.6 Å². The van der Waals surface area contributed by atoms with Crippen LogP contribution in [0.25, 0.3) is 0 Å². The van der Waals surface area contributed by atoms with Crippen molar-refractivity contribution in [2.24, 2.45) is 4.99 Å². The maximum absolute atomic E-state index is 12.6. The van der Waals surface area contributed by atoms with Gasteiger partial charge in [-0.2, -0.15) is 8.78 Å². The molecule has 0 atom stereocenters. The summed E-state index contributed by atoms with van der Waals surface area (Å²) in [5.41, 5.74) is 1.51. The maximum atomic E-state index is 12.6. The van der Waals surface area contributed by atoms with Gasteiger partial charge < -0.3 is 20.1 Å². The van der Waals surface area contributed by atoms with E-state index >= 15 is 0 Å². The Morgan fingerprint density at radius 1 is 1.22 bits per heavy atom. The third-order valence-electron chi connectivity index (χ3n) is 3.55. The van der Waals surface area contributed by atoms with Gasteiger partial charge >= 0.3 is 6.61 Å². The molecule has 0 radical (unpaired) electrons. The zero-order chi connectivity index (χ0) is 18.8. The molecule has 0 bridgehead atoms. The molecular weight excluding hydrogens is 469 g/mol. The Hall–Kier alpha value is -2.17. The summed E-state index contributed by atoms with van der Waals surface area (Å²) < 4.78 is 34.8. The summed E-state index contributed by atoms with van der Waals surface area (Å²) in [5, 5.41) is 6.23. The first-order chi connectivity index (χ1) is 12.6. The van der Waals surface area contributed by atoms with Gasteiger partial charge in [-0.15, -0.1) is 24.0 Å². The molecule has 2 rings (SSSR count). The number of nitrogens with zero attached hydrogens (tertiary/aromatic N) is 2. The number of methoxy groups -OCH3 is 1. The van der Waals surface area contributed by atoms with Gasteiger partial charge in [-0.25, -0.2) is 0 Å². The summed E-state index contributed by atoms with van der Waals surface area (Å²) in [6.45, 7) is -2.00. The maximum Gasteiger partial charge on any atom is 0.387 e. The van der Waals surface area contributed by atoms with Gasteiger partial charge in [0.05, 0.1) is 7.11 Å². The number of benzene rings is 1. The average molecular weight is 492 g/mol. The molecule has 9 heteroatoms. The van der Waals surface area contributed by atoms with Gasteiger partial charge in [-0.3, -0.25) is 9.98 Å². The number of nitrogens with one attached hydrogen (secondary N) is 2. The van der Waals surface area contributed by atoms with Crippen LogP contribution < -0.4 is 20.1 Å². The van der Waals surface area contributed by atoms with Gasteiger partial charge in [-0.1, -0.05) is 6.07 Å². The van der Waals surface area contributed by atoms with Crippen molar-refractivity contribution in [1.82, 2.24) is 15.6 Å². The quantitative estimate of drug-likeness (QED) is 0.337. The van der Waals surface area contributed by atoms with Crippen molar-refractivity contribution in [3.8, 4) is 11.5 Å². The fraction of sp³-hybridized carbons (Fsp3) is 0.333. The van der Waals surface area contributed by atoms with E-state index < -0.39 is 6.61 Å². The minimum Gasteiger partial charge on any atom is -0.497 e. The minimum atomic E-state index is -2.89. The van der Waals surface area contributed by atoms with Crippen molar-refractivity contribution in [3.63, 3.8) is 0 Å². The first-order valence-electron chi connectivity index (χ1n) is 8.08. The Labute approximate surface area is 174 Å². The van der Waals surface area contributed by atoms with Gasteiger partial charge in [0, 0.05) is 44.0 Å². The van der Waals surface area contributed by atoms with Crippen LogP contribution in [0.3, 0.4) is 0 Å². The summed E-state index contributed by atoms with van der Waals surface area (Å²) >= 11 is 0. The monoisotopic (exact) mass is 492 g/mol. The van der Waals surface area contributed by atoms with Crippen LogP contribution in [-0.4, -0.2) is 38.3 Å². The number of halogens is 3. The lowest BCUT2D eigenvalue weighted by Crippen LogP contribution is -2.38. The fourth-order valence-electron chi connectivity index (χ4n) is 2.29. The molecule has 0 saturated carbocycles. The van der Waals surface area contributed by atoms with Gasteiger partial charge in [-0.05, 0) is 30.3 Å². The molecule has 1 aromatic carbocycles. The predicted molar refractivity (Wildman–Crippen MR) is 111 cm³/mol. The topological polar surface area (TPSA) is 67.8 Å². The summed E-state index contributed by atoms with van der Waals surface area (Å²) in [6, 6.07) is 10.4. The molecule has 0 saturated heterocycles. The van der Waals surface area contributed by atoms with E-state index in [0.29, 0.717) is 23.8 Å². The summed E-state index contributed by atoms with van der Waals surface area (Å²) in [6.07, 6.45) is 2.48. The Morgan fingerprint density at radius 2 is 2.04 bits per heavy atom. The first-order valence-corrected chi connectivity index (χ1v) is 8.08. The number of hydrogen-bond donors (Lipinski definition) is 2. The summed E-state index contributed by atoms with van der Waals surface area (Å²) in [4.78, 5) is 8.37. The van der Waals surface area contributed by atoms with Crippen molar-refractivity contribution < 1.29 is 18.3 Å². The van der Waals surface area contributed by atoms with E-state index in [1.54, 1.807) is 25.4 Å². The third kappa shape index (κ3) is 7.94. The highest BCUT2D eigenvalue weighted by atomic mass is 127. The molecule has 0 aliphatic carbocycles. The lowest BCUT2D eigenvalue weighted by atomic mass is 10.2. The smallest absolute Gasteiger partial charge is 0.387 e. The second-order valence-corrected chi connectivity index (χ2v) is 5.28. The fourth-order valence-corrected chi connectivity index (χ4v) is 2.29. The normalized spacial score (nSPS) is 10.9. The molecular formula is C18H23F2IN4O2.